The van der Waals surface area contributed by atoms with Crippen LogP contribution < -0.4 is 10.4 Å². The van der Waals surface area contributed by atoms with Gasteiger partial charge in [-0.15, -0.1) is 0 Å². The molecule has 0 amide bonds. The van der Waals surface area contributed by atoms with Crippen molar-refractivity contribution in [3.63, 3.8) is 0 Å². The van der Waals surface area contributed by atoms with Crippen LogP contribution in [0.5, 0.6) is 0 Å². The Hall–Kier alpha value is -0.279. The van der Waals surface area contributed by atoms with Crippen molar-refractivity contribution in [1.29, 1.82) is 0 Å². The Labute approximate surface area is 172 Å². The standard InChI is InChI=1S/C21H23Si.3ClH.Ti/c1-17(2)20-15-10-16-21(20)22(3,18-11-6-4-7-12-18)19-13-8-5-9-14-19;;;;/h4-17H,1-3H3;3*1H;/q;;;;+3/p-3. The molecule has 0 radical (unpaired) electrons. The van der Waals surface area contributed by atoms with Gasteiger partial charge in [-0.2, -0.15) is 0 Å². The van der Waals surface area contributed by atoms with Crippen molar-refractivity contribution >= 4 is 46.4 Å². The minimum atomic E-state index is -3.78. The Kier molecular flexibility index (Phi) is 6.00. The maximum atomic E-state index is 6.98. The SMILES string of the molecule is CC(C)C1=CC=C[C]1([Si](C)(c1ccccc1)c1ccccc1)[Ti]([Cl])([Cl])[Cl]. The Morgan fingerprint density at radius 1 is 0.846 bits per heavy atom. The van der Waals surface area contributed by atoms with E-state index >= 15 is 0 Å². The maximum absolute atomic E-state index is 6.98. The summed E-state index contributed by atoms with van der Waals surface area (Å²) in [5.74, 6) is 0.325. The Bertz CT molecular complexity index is 786. The monoisotopic (exact) mass is 456 g/mol. The zero-order valence-electron chi connectivity index (χ0n) is 15.2. The molecule has 0 heterocycles. The second-order valence-corrected chi connectivity index (χ2v) is 24.5. The third-order valence-electron chi connectivity index (χ3n) is 5.64. The Balaban J connectivity index is 2.40. The third kappa shape index (κ3) is 3.11. The van der Waals surface area contributed by atoms with Crippen molar-refractivity contribution in [3.05, 3.63) is 84.5 Å². The van der Waals surface area contributed by atoms with Crippen LogP contribution in [0.3, 0.4) is 0 Å². The van der Waals surface area contributed by atoms with Crippen LogP contribution in [-0.2, 0) is 13.4 Å². The number of hydrogen-bond donors (Lipinski definition) is 0. The fraction of sp³-hybridized carbons (Fsp3) is 0.238. The fourth-order valence-corrected chi connectivity index (χ4v) is 23.9. The van der Waals surface area contributed by atoms with E-state index in [1.165, 1.54) is 15.9 Å². The van der Waals surface area contributed by atoms with Crippen LogP contribution in [0.25, 0.3) is 0 Å². The summed E-state index contributed by atoms with van der Waals surface area (Å²) in [4.78, 5) is 0. The molecule has 0 fully saturated rings. The van der Waals surface area contributed by atoms with Crippen LogP contribution in [0.15, 0.2) is 84.5 Å². The molecule has 3 rings (SSSR count). The number of benzene rings is 2. The molecule has 1 aliphatic rings. The summed E-state index contributed by atoms with van der Waals surface area (Å²) < 4.78 is -0.464. The fourth-order valence-electron chi connectivity index (χ4n) is 4.33. The first-order valence-corrected chi connectivity index (χ1v) is 18.6. The van der Waals surface area contributed by atoms with Crippen molar-refractivity contribution in [3.8, 4) is 0 Å². The molecule has 0 bridgehead atoms. The molecule has 0 spiro atoms. The summed E-state index contributed by atoms with van der Waals surface area (Å²) in [7, 11) is 18.5. The van der Waals surface area contributed by atoms with E-state index in [-0.39, 0.29) is 0 Å². The van der Waals surface area contributed by atoms with Crippen LogP contribution in [0.2, 0.25) is 9.89 Å². The van der Waals surface area contributed by atoms with Crippen molar-refractivity contribution < 1.29 is 13.4 Å². The van der Waals surface area contributed by atoms with E-state index in [1.54, 1.807) is 0 Å². The van der Waals surface area contributed by atoms with Gasteiger partial charge in [-0.1, -0.05) is 0 Å². The quantitative estimate of drug-likeness (QED) is 0.459. The van der Waals surface area contributed by atoms with Crippen LogP contribution in [0, 0.1) is 5.92 Å². The van der Waals surface area contributed by atoms with Crippen LogP contribution in [0.4, 0.5) is 0 Å². The summed E-state index contributed by atoms with van der Waals surface area (Å²) in [5, 5.41) is 2.61. The van der Waals surface area contributed by atoms with E-state index in [1.807, 2.05) is 0 Å². The van der Waals surface area contributed by atoms with Gasteiger partial charge in [0.25, 0.3) is 0 Å². The Morgan fingerprint density at radius 2 is 1.31 bits per heavy atom. The van der Waals surface area contributed by atoms with E-state index in [0.717, 1.165) is 0 Å². The van der Waals surface area contributed by atoms with E-state index in [0.29, 0.717) is 5.92 Å². The second-order valence-electron chi connectivity index (χ2n) is 7.30. The number of hydrogen-bond acceptors (Lipinski definition) is 0. The molecule has 136 valence electrons. The van der Waals surface area contributed by atoms with Gasteiger partial charge >= 0.3 is 174 Å². The van der Waals surface area contributed by atoms with Crippen LogP contribution in [0.1, 0.15) is 13.8 Å². The normalized spacial score (nSPS) is 20.5. The van der Waals surface area contributed by atoms with Gasteiger partial charge in [0.2, 0.25) is 0 Å². The predicted octanol–water partition coefficient (Wildman–Crippen LogP) is 6.34. The molecular weight excluding hydrogens is 435 g/mol. The van der Waals surface area contributed by atoms with Crippen molar-refractivity contribution in [2.75, 3.05) is 0 Å². The van der Waals surface area contributed by atoms with Gasteiger partial charge in [-0.05, 0) is 0 Å². The van der Waals surface area contributed by atoms with Crippen molar-refractivity contribution in [2.45, 2.75) is 23.7 Å². The van der Waals surface area contributed by atoms with E-state index in [4.69, 9.17) is 27.9 Å². The third-order valence-corrected chi connectivity index (χ3v) is 22.3. The molecule has 1 unspecified atom stereocenters. The molecule has 1 atom stereocenters. The van der Waals surface area contributed by atoms with Gasteiger partial charge in [0.15, 0.2) is 0 Å². The molecule has 1 aliphatic carbocycles. The zero-order valence-corrected chi connectivity index (χ0v) is 20.0. The molecule has 0 saturated heterocycles. The summed E-state index contributed by atoms with van der Waals surface area (Å²) in [6, 6.07) is 21.3. The molecule has 0 aliphatic heterocycles. The van der Waals surface area contributed by atoms with Gasteiger partial charge in [0.05, 0.1) is 0 Å². The van der Waals surface area contributed by atoms with Gasteiger partial charge in [0.1, 0.15) is 0 Å². The van der Waals surface area contributed by atoms with E-state index in [9.17, 15) is 0 Å². The summed E-state index contributed by atoms with van der Waals surface area (Å²) in [6.07, 6.45) is 6.52. The molecule has 26 heavy (non-hydrogen) atoms. The first-order chi connectivity index (χ1) is 12.2. The van der Waals surface area contributed by atoms with Gasteiger partial charge < -0.3 is 0 Å². The average molecular weight is 458 g/mol. The summed E-state index contributed by atoms with van der Waals surface area (Å²) in [6.45, 7) is 6.78. The van der Waals surface area contributed by atoms with Crippen LogP contribution in [-0.4, -0.2) is 8.07 Å². The van der Waals surface area contributed by atoms with E-state index < -0.39 is 24.8 Å². The van der Waals surface area contributed by atoms with E-state index in [2.05, 4.69) is 99.3 Å². The molecule has 0 nitrogen and oxygen atoms in total. The molecule has 0 saturated carbocycles. The number of allylic oxidation sites excluding steroid dienone is 4. The summed E-state index contributed by atoms with van der Waals surface area (Å²) in [5.41, 5.74) is 1.28. The number of halogens is 3. The van der Waals surface area contributed by atoms with Crippen molar-refractivity contribution in [2.24, 2.45) is 5.92 Å². The molecule has 0 aromatic heterocycles. The first-order valence-electron chi connectivity index (χ1n) is 8.83. The zero-order chi connectivity index (χ0) is 19.0. The molecule has 5 heteroatoms. The van der Waals surface area contributed by atoms with Crippen molar-refractivity contribution in [1.82, 2.24) is 0 Å². The molecule has 0 N–H and O–H groups in total. The molecule has 2 aromatic carbocycles. The first kappa shape index (κ1) is 20.5. The average Bonchev–Trinajstić information content (AvgIpc) is 3.09. The second kappa shape index (κ2) is 7.62. The summed E-state index contributed by atoms with van der Waals surface area (Å²) >= 11 is -3.78. The minimum absolute atomic E-state index is 0.325. The van der Waals surface area contributed by atoms with Crippen LogP contribution >= 0.6 is 27.9 Å². The Morgan fingerprint density at radius 3 is 1.69 bits per heavy atom. The topological polar surface area (TPSA) is 0 Å². The molecular formula is C21H23Cl3SiTi. The van der Waals surface area contributed by atoms with Gasteiger partial charge in [-0.3, -0.25) is 0 Å². The van der Waals surface area contributed by atoms with Gasteiger partial charge in [-0.25, -0.2) is 0 Å². The predicted molar refractivity (Wildman–Crippen MR) is 116 cm³/mol. The molecule has 2 aromatic rings. The van der Waals surface area contributed by atoms with Gasteiger partial charge in [0, 0.05) is 0 Å². The number of rotatable bonds is 5.